The Morgan fingerprint density at radius 3 is 2.32 bits per heavy atom. The summed E-state index contributed by atoms with van der Waals surface area (Å²) in [6, 6.07) is 20.1. The number of likely N-dealkylation sites (N-methyl/N-ethyl adjacent to an activating group) is 2. The molecule has 3 aromatic carbocycles. The van der Waals surface area contributed by atoms with Crippen molar-refractivity contribution in [2.45, 2.75) is 0 Å². The predicted molar refractivity (Wildman–Crippen MR) is 139 cm³/mol. The van der Waals surface area contributed by atoms with Gasteiger partial charge in [0.1, 0.15) is 5.70 Å². The minimum absolute atomic E-state index is 0.104. The lowest BCUT2D eigenvalue weighted by molar-refractivity contribution is -0.384. The zero-order valence-corrected chi connectivity index (χ0v) is 19.9. The van der Waals surface area contributed by atoms with Crippen molar-refractivity contribution in [3.63, 3.8) is 0 Å². The Morgan fingerprint density at radius 2 is 1.70 bits per heavy atom. The van der Waals surface area contributed by atoms with Crippen molar-refractivity contribution in [3.05, 3.63) is 105 Å². The van der Waals surface area contributed by atoms with Crippen LogP contribution in [0.3, 0.4) is 0 Å². The van der Waals surface area contributed by atoms with E-state index in [9.17, 15) is 24.8 Å². The van der Waals surface area contributed by atoms with Gasteiger partial charge in [-0.15, -0.1) is 0 Å². The fourth-order valence-corrected chi connectivity index (χ4v) is 4.20. The molecule has 0 spiro atoms. The van der Waals surface area contributed by atoms with Crippen molar-refractivity contribution in [2.75, 3.05) is 14.1 Å². The molecule has 0 atom stereocenters. The first kappa shape index (κ1) is 23.5. The molecule has 1 fully saturated rings. The van der Waals surface area contributed by atoms with Gasteiger partial charge in [-0.25, -0.2) is 9.79 Å². The summed E-state index contributed by atoms with van der Waals surface area (Å²) < 4.78 is 0. The average molecular weight is 495 g/mol. The molecule has 1 aliphatic heterocycles. The molecule has 1 aromatic heterocycles. The summed E-state index contributed by atoms with van der Waals surface area (Å²) >= 11 is 0. The molecule has 1 aliphatic rings. The van der Waals surface area contributed by atoms with Gasteiger partial charge in [-0.2, -0.15) is 0 Å². The molecule has 0 unspecified atom stereocenters. The fraction of sp³-hybridized carbons (Fsp3) is 0.0741. The van der Waals surface area contributed by atoms with Gasteiger partial charge in [-0.1, -0.05) is 42.5 Å². The topological polar surface area (TPSA) is 132 Å². The van der Waals surface area contributed by atoms with Crippen molar-refractivity contribution < 1.29 is 19.6 Å². The quantitative estimate of drug-likeness (QED) is 0.135. The number of aromatic amines is 1. The maximum atomic E-state index is 12.3. The highest BCUT2D eigenvalue weighted by Gasteiger charge is 2.35. The number of nitrogens with one attached hydrogen (secondary N) is 1. The van der Waals surface area contributed by atoms with Crippen molar-refractivity contribution in [1.29, 1.82) is 0 Å². The number of rotatable bonds is 5. The van der Waals surface area contributed by atoms with Crippen LogP contribution in [0.4, 0.5) is 16.2 Å². The van der Waals surface area contributed by atoms with Crippen LogP contribution < -0.4 is 0 Å². The molecule has 0 aliphatic carbocycles. The van der Waals surface area contributed by atoms with Crippen molar-refractivity contribution in [3.8, 4) is 5.88 Å². The first-order valence-electron chi connectivity index (χ1n) is 11.3. The lowest BCUT2D eigenvalue weighted by Gasteiger charge is -2.09. The van der Waals surface area contributed by atoms with Crippen LogP contribution in [0.25, 0.3) is 17.0 Å². The highest BCUT2D eigenvalue weighted by molar-refractivity contribution is 6.22. The maximum Gasteiger partial charge on any atom is 0.331 e. The van der Waals surface area contributed by atoms with Gasteiger partial charge in [0.05, 0.1) is 21.9 Å². The third kappa shape index (κ3) is 4.20. The molecule has 2 N–H and O–H groups in total. The standard InChI is InChI=1S/C27H21N5O5/c1-30-22(26(34)31(2)27(30)35)14-16-8-10-18(11-9-16)28-24(17-6-4-3-5-7-17)23-20-15-19(32(36)37)12-13-21(20)29-25(23)33/h3-15,29,33H,1-2H3/b22-14-,28-24?. The number of benzene rings is 3. The molecule has 2 heterocycles. The third-order valence-corrected chi connectivity index (χ3v) is 6.15. The molecular weight excluding hydrogens is 474 g/mol. The van der Waals surface area contributed by atoms with E-state index in [-0.39, 0.29) is 23.2 Å². The molecule has 4 aromatic rings. The van der Waals surface area contributed by atoms with Gasteiger partial charge in [0.15, 0.2) is 5.88 Å². The number of H-pyrrole nitrogens is 1. The van der Waals surface area contributed by atoms with Crippen LogP contribution in [0.5, 0.6) is 5.88 Å². The lowest BCUT2D eigenvalue weighted by Crippen LogP contribution is -2.27. The zero-order valence-electron chi connectivity index (χ0n) is 19.9. The maximum absolute atomic E-state index is 12.3. The number of aromatic nitrogens is 1. The summed E-state index contributed by atoms with van der Waals surface area (Å²) in [5.74, 6) is -0.541. The number of hydrogen-bond acceptors (Lipinski definition) is 6. The number of imide groups is 1. The predicted octanol–water partition coefficient (Wildman–Crippen LogP) is 4.82. The molecular formula is C27H21N5O5. The summed E-state index contributed by atoms with van der Waals surface area (Å²) in [7, 11) is 2.97. The van der Waals surface area contributed by atoms with Gasteiger partial charge in [0.25, 0.3) is 11.6 Å². The average Bonchev–Trinajstić information content (AvgIpc) is 3.32. The number of carbonyl (C=O) groups excluding carboxylic acids is 2. The Hall–Kier alpha value is -5.25. The minimum Gasteiger partial charge on any atom is -0.494 e. The van der Waals surface area contributed by atoms with Crippen LogP contribution in [0, 0.1) is 10.1 Å². The molecule has 10 heteroatoms. The summed E-state index contributed by atoms with van der Waals surface area (Å²) in [6.45, 7) is 0. The van der Waals surface area contributed by atoms with Crippen LogP contribution >= 0.6 is 0 Å². The molecule has 0 radical (unpaired) electrons. The van der Waals surface area contributed by atoms with E-state index in [2.05, 4.69) is 4.98 Å². The number of aliphatic imine (C=N–C) groups is 1. The third-order valence-electron chi connectivity index (χ3n) is 6.15. The normalized spacial score (nSPS) is 15.3. The number of carbonyl (C=O) groups is 2. The minimum atomic E-state index is -0.488. The van der Waals surface area contributed by atoms with Crippen molar-refractivity contribution >= 4 is 46.0 Å². The highest BCUT2D eigenvalue weighted by Crippen LogP contribution is 2.33. The number of urea groups is 1. The van der Waals surface area contributed by atoms with Gasteiger partial charge in [0.2, 0.25) is 0 Å². The van der Waals surface area contributed by atoms with E-state index in [1.54, 1.807) is 43.5 Å². The largest absolute Gasteiger partial charge is 0.494 e. The van der Waals surface area contributed by atoms with Crippen molar-refractivity contribution in [2.24, 2.45) is 4.99 Å². The second-order valence-electron chi connectivity index (χ2n) is 8.49. The van der Waals surface area contributed by atoms with Gasteiger partial charge in [-0.3, -0.25) is 24.7 Å². The number of nitro groups is 1. The number of nitro benzene ring substituents is 1. The number of nitrogens with zero attached hydrogens (tertiary/aromatic N) is 4. The zero-order chi connectivity index (χ0) is 26.3. The van der Waals surface area contributed by atoms with Crippen LogP contribution in [0.1, 0.15) is 16.7 Å². The summed E-state index contributed by atoms with van der Waals surface area (Å²) in [4.78, 5) is 45.3. The van der Waals surface area contributed by atoms with Crippen LogP contribution in [-0.2, 0) is 4.79 Å². The van der Waals surface area contributed by atoms with E-state index < -0.39 is 11.0 Å². The molecule has 0 bridgehead atoms. The number of hydrogen-bond donors (Lipinski definition) is 2. The number of non-ortho nitro benzene ring substituents is 1. The Balaban J connectivity index is 1.60. The first-order valence-corrected chi connectivity index (χ1v) is 11.3. The first-order chi connectivity index (χ1) is 17.7. The van der Waals surface area contributed by atoms with Gasteiger partial charge in [0, 0.05) is 42.7 Å². The van der Waals surface area contributed by atoms with Crippen LogP contribution in [0.15, 0.2) is 83.5 Å². The van der Waals surface area contributed by atoms with E-state index in [0.29, 0.717) is 39.0 Å². The van der Waals surface area contributed by atoms with E-state index in [1.165, 1.54) is 24.1 Å². The van der Waals surface area contributed by atoms with Gasteiger partial charge in [-0.05, 0) is 29.8 Å². The second kappa shape index (κ2) is 9.08. The van der Waals surface area contributed by atoms with E-state index in [0.717, 1.165) is 4.90 Å². The smallest absolute Gasteiger partial charge is 0.331 e. The van der Waals surface area contributed by atoms with Gasteiger partial charge < -0.3 is 10.1 Å². The molecule has 0 saturated carbocycles. The molecule has 3 amide bonds. The van der Waals surface area contributed by atoms with Gasteiger partial charge >= 0.3 is 6.03 Å². The summed E-state index contributed by atoms with van der Waals surface area (Å²) in [5.41, 5.74) is 3.42. The number of fused-ring (bicyclic) bond motifs is 1. The molecule has 1 saturated heterocycles. The monoisotopic (exact) mass is 495 g/mol. The Morgan fingerprint density at radius 1 is 1.00 bits per heavy atom. The summed E-state index contributed by atoms with van der Waals surface area (Å²) in [5, 5.41) is 22.6. The SMILES string of the molecule is CN1C(=O)/C(=C/c2ccc(N=C(c3ccccc3)c3c(O)[nH]c4ccc([N+](=O)[O-])cc34)cc2)N(C)C1=O. The number of amides is 3. The van der Waals surface area contributed by atoms with E-state index in [4.69, 9.17) is 4.99 Å². The Kier molecular flexibility index (Phi) is 5.76. The molecule has 37 heavy (non-hydrogen) atoms. The molecule has 10 nitrogen and oxygen atoms in total. The summed E-state index contributed by atoms with van der Waals surface area (Å²) in [6.07, 6.45) is 1.62. The van der Waals surface area contributed by atoms with E-state index in [1.807, 2.05) is 30.3 Å². The number of aromatic hydroxyl groups is 1. The second-order valence-corrected chi connectivity index (χ2v) is 8.49. The highest BCUT2D eigenvalue weighted by atomic mass is 16.6. The van der Waals surface area contributed by atoms with Crippen LogP contribution in [-0.4, -0.2) is 56.6 Å². The Labute approximate surface area is 210 Å². The van der Waals surface area contributed by atoms with Crippen LogP contribution in [0.2, 0.25) is 0 Å². The molecule has 184 valence electrons. The Bertz CT molecular complexity index is 1620. The van der Waals surface area contributed by atoms with E-state index >= 15 is 0 Å². The molecule has 5 rings (SSSR count). The fourth-order valence-electron chi connectivity index (χ4n) is 4.20. The lowest BCUT2D eigenvalue weighted by atomic mass is 10.0. The van der Waals surface area contributed by atoms with Crippen molar-refractivity contribution in [1.82, 2.24) is 14.8 Å².